The summed E-state index contributed by atoms with van der Waals surface area (Å²) in [6, 6.07) is 2.53. The average molecular weight is 291 g/mol. The Hall–Kier alpha value is -0.120. The molecule has 0 amide bonds. The van der Waals surface area contributed by atoms with Gasteiger partial charge in [0.05, 0.1) is 0 Å². The summed E-state index contributed by atoms with van der Waals surface area (Å²) in [5, 5.41) is 3.97. The number of rotatable bonds is 2. The number of hydrogen-bond donors (Lipinski definition) is 1. The lowest BCUT2D eigenvalue weighted by Crippen LogP contribution is -2.54. The smallest absolute Gasteiger partial charge is 0.0200 e. The van der Waals surface area contributed by atoms with E-state index in [-0.39, 0.29) is 0 Å². The Bertz CT molecular complexity index is 344. The van der Waals surface area contributed by atoms with Crippen LogP contribution in [0.1, 0.15) is 51.4 Å². The molecule has 5 atom stereocenters. The van der Waals surface area contributed by atoms with Gasteiger partial charge in [0.1, 0.15) is 0 Å². The zero-order chi connectivity index (χ0) is 14.2. The van der Waals surface area contributed by atoms with Crippen LogP contribution in [0.25, 0.3) is 0 Å². The second-order valence-corrected chi connectivity index (χ2v) is 8.25. The molecule has 0 aromatic heterocycles. The van der Waals surface area contributed by atoms with Gasteiger partial charge < -0.3 is 15.1 Å². The van der Waals surface area contributed by atoms with Crippen molar-refractivity contribution in [1.82, 2.24) is 15.1 Å². The summed E-state index contributed by atoms with van der Waals surface area (Å²) >= 11 is 0. The average Bonchev–Trinajstić information content (AvgIpc) is 2.89. The summed E-state index contributed by atoms with van der Waals surface area (Å²) in [6.07, 6.45) is 11.6. The van der Waals surface area contributed by atoms with E-state index in [2.05, 4.69) is 22.2 Å². The summed E-state index contributed by atoms with van der Waals surface area (Å²) in [6.45, 7) is 5.34. The van der Waals surface area contributed by atoms with Crippen LogP contribution in [0.5, 0.6) is 0 Å². The fourth-order valence-electron chi connectivity index (χ4n) is 5.78. The van der Waals surface area contributed by atoms with Crippen LogP contribution in [-0.2, 0) is 0 Å². The molecule has 4 aliphatic rings. The Kier molecular flexibility index (Phi) is 4.25. The van der Waals surface area contributed by atoms with E-state index < -0.39 is 0 Å². The van der Waals surface area contributed by atoms with Crippen molar-refractivity contribution in [2.24, 2.45) is 11.8 Å². The molecule has 120 valence electrons. The normalized spacial score (nSPS) is 45.3. The molecular weight excluding hydrogens is 258 g/mol. The van der Waals surface area contributed by atoms with Crippen molar-refractivity contribution < 1.29 is 0 Å². The van der Waals surface area contributed by atoms with Gasteiger partial charge in [0.15, 0.2) is 0 Å². The van der Waals surface area contributed by atoms with Gasteiger partial charge in [0.25, 0.3) is 0 Å². The van der Waals surface area contributed by atoms with E-state index in [4.69, 9.17) is 0 Å². The zero-order valence-corrected chi connectivity index (χ0v) is 13.8. The molecule has 0 radical (unpaired) electrons. The van der Waals surface area contributed by atoms with Gasteiger partial charge in [0.2, 0.25) is 0 Å². The van der Waals surface area contributed by atoms with Crippen molar-refractivity contribution in [2.45, 2.75) is 69.5 Å². The van der Waals surface area contributed by atoms with Crippen LogP contribution in [-0.4, -0.2) is 61.2 Å². The van der Waals surface area contributed by atoms with Crippen LogP contribution >= 0.6 is 0 Å². The highest BCUT2D eigenvalue weighted by molar-refractivity contribution is 4.96. The van der Waals surface area contributed by atoms with Gasteiger partial charge >= 0.3 is 0 Å². The fourth-order valence-corrected chi connectivity index (χ4v) is 5.78. The highest BCUT2D eigenvalue weighted by Crippen LogP contribution is 2.34. The Morgan fingerprint density at radius 2 is 1.81 bits per heavy atom. The molecule has 3 nitrogen and oxygen atoms in total. The van der Waals surface area contributed by atoms with Crippen LogP contribution < -0.4 is 5.32 Å². The molecule has 0 bridgehead atoms. The summed E-state index contributed by atoms with van der Waals surface area (Å²) < 4.78 is 0. The molecule has 21 heavy (non-hydrogen) atoms. The molecule has 5 unspecified atom stereocenters. The number of hydrogen-bond acceptors (Lipinski definition) is 3. The second-order valence-electron chi connectivity index (χ2n) is 8.25. The van der Waals surface area contributed by atoms with Crippen LogP contribution in [0, 0.1) is 11.8 Å². The van der Waals surface area contributed by atoms with Crippen molar-refractivity contribution in [3.8, 4) is 0 Å². The SMILES string of the molecule is CN1CCCC2CN(CC3CC4CCCCC4N3)CCC21. The third-order valence-corrected chi connectivity index (χ3v) is 6.85. The summed E-state index contributed by atoms with van der Waals surface area (Å²) in [7, 11) is 2.34. The largest absolute Gasteiger partial charge is 0.310 e. The maximum Gasteiger partial charge on any atom is 0.0200 e. The maximum absolute atomic E-state index is 3.97. The molecule has 0 aromatic carbocycles. The quantitative estimate of drug-likeness (QED) is 0.842. The molecule has 3 aliphatic heterocycles. The van der Waals surface area contributed by atoms with Crippen LogP contribution in [0.3, 0.4) is 0 Å². The molecule has 3 heterocycles. The summed E-state index contributed by atoms with van der Waals surface area (Å²) in [5.74, 6) is 1.95. The van der Waals surface area contributed by atoms with E-state index in [0.29, 0.717) is 0 Å². The van der Waals surface area contributed by atoms with E-state index in [0.717, 1.165) is 30.0 Å². The van der Waals surface area contributed by atoms with Gasteiger partial charge in [-0.15, -0.1) is 0 Å². The molecule has 0 aromatic rings. The maximum atomic E-state index is 3.97. The third kappa shape index (κ3) is 3.02. The van der Waals surface area contributed by atoms with Gasteiger partial charge in [-0.1, -0.05) is 12.8 Å². The molecule has 3 heteroatoms. The predicted octanol–water partition coefficient (Wildman–Crippen LogP) is 2.32. The van der Waals surface area contributed by atoms with Crippen LogP contribution in [0.4, 0.5) is 0 Å². The first-order valence-electron chi connectivity index (χ1n) is 9.48. The number of nitrogens with zero attached hydrogens (tertiary/aromatic N) is 2. The molecule has 1 aliphatic carbocycles. The lowest BCUT2D eigenvalue weighted by atomic mass is 9.83. The number of piperidine rings is 2. The Balaban J connectivity index is 1.30. The van der Waals surface area contributed by atoms with Gasteiger partial charge in [-0.05, 0) is 70.5 Å². The molecule has 3 saturated heterocycles. The first-order valence-corrected chi connectivity index (χ1v) is 9.48. The topological polar surface area (TPSA) is 18.5 Å². The number of fused-ring (bicyclic) bond motifs is 2. The third-order valence-electron chi connectivity index (χ3n) is 6.85. The van der Waals surface area contributed by atoms with Crippen molar-refractivity contribution in [2.75, 3.05) is 33.2 Å². The first kappa shape index (κ1) is 14.5. The van der Waals surface area contributed by atoms with E-state index in [1.54, 1.807) is 0 Å². The standard InChI is InChI=1S/C18H33N3/c1-20-9-4-6-15-12-21(10-8-18(15)20)13-16-11-14-5-2-3-7-17(14)19-16/h14-19H,2-13H2,1H3. The lowest BCUT2D eigenvalue weighted by Gasteiger charge is -2.46. The summed E-state index contributed by atoms with van der Waals surface area (Å²) in [5.41, 5.74) is 0. The van der Waals surface area contributed by atoms with E-state index in [9.17, 15) is 0 Å². The zero-order valence-electron chi connectivity index (χ0n) is 13.8. The molecule has 4 fully saturated rings. The molecule has 1 saturated carbocycles. The van der Waals surface area contributed by atoms with E-state index in [1.807, 2.05) is 0 Å². The van der Waals surface area contributed by atoms with Gasteiger partial charge in [-0.2, -0.15) is 0 Å². The fraction of sp³-hybridized carbons (Fsp3) is 1.00. The second kappa shape index (κ2) is 6.17. The molecular formula is C18H33N3. The van der Waals surface area contributed by atoms with Gasteiger partial charge in [-0.25, -0.2) is 0 Å². The van der Waals surface area contributed by atoms with E-state index in [1.165, 1.54) is 77.5 Å². The summed E-state index contributed by atoms with van der Waals surface area (Å²) in [4.78, 5) is 5.42. The van der Waals surface area contributed by atoms with Crippen molar-refractivity contribution in [3.05, 3.63) is 0 Å². The van der Waals surface area contributed by atoms with Crippen molar-refractivity contribution >= 4 is 0 Å². The van der Waals surface area contributed by atoms with Crippen LogP contribution in [0.15, 0.2) is 0 Å². The molecule has 4 rings (SSSR count). The minimum Gasteiger partial charge on any atom is -0.310 e. The minimum atomic E-state index is 0.788. The van der Waals surface area contributed by atoms with Gasteiger partial charge in [0, 0.05) is 31.2 Å². The Labute approximate surface area is 130 Å². The predicted molar refractivity (Wildman–Crippen MR) is 87.5 cm³/mol. The van der Waals surface area contributed by atoms with Crippen molar-refractivity contribution in [3.63, 3.8) is 0 Å². The van der Waals surface area contributed by atoms with Gasteiger partial charge in [-0.3, -0.25) is 0 Å². The highest BCUT2D eigenvalue weighted by Gasteiger charge is 2.38. The highest BCUT2D eigenvalue weighted by atomic mass is 15.2. The first-order chi connectivity index (χ1) is 10.3. The van der Waals surface area contributed by atoms with E-state index >= 15 is 0 Å². The Morgan fingerprint density at radius 1 is 0.952 bits per heavy atom. The molecule has 0 spiro atoms. The monoisotopic (exact) mass is 291 g/mol. The lowest BCUT2D eigenvalue weighted by molar-refractivity contribution is 0.0354. The van der Waals surface area contributed by atoms with Crippen LogP contribution in [0.2, 0.25) is 0 Å². The Morgan fingerprint density at radius 3 is 2.71 bits per heavy atom. The number of nitrogens with one attached hydrogen (secondary N) is 1. The number of likely N-dealkylation sites (tertiary alicyclic amines) is 2. The van der Waals surface area contributed by atoms with Crippen molar-refractivity contribution in [1.29, 1.82) is 0 Å². The molecule has 1 N–H and O–H groups in total. The minimum absolute atomic E-state index is 0.788.